The Balaban J connectivity index is 1.84. The van der Waals surface area contributed by atoms with Crippen molar-refractivity contribution in [1.82, 2.24) is 0 Å². The summed E-state index contributed by atoms with van der Waals surface area (Å²) in [5.74, 6) is -3.86. The molecule has 1 N–H and O–H groups in total. The molecule has 0 fully saturated rings. The highest BCUT2D eigenvalue weighted by molar-refractivity contribution is 6.46. The molecule has 0 aromatic heterocycles. The van der Waals surface area contributed by atoms with Gasteiger partial charge in [0.05, 0.1) is 16.2 Å². The Bertz CT molecular complexity index is 1350. The van der Waals surface area contributed by atoms with Crippen molar-refractivity contribution in [2.75, 3.05) is 10.2 Å². The van der Waals surface area contributed by atoms with Crippen molar-refractivity contribution >= 4 is 34.4 Å². The Hall–Kier alpha value is -4.40. The number of halogens is 2. The molecule has 2 amide bonds. The van der Waals surface area contributed by atoms with Gasteiger partial charge in [-0.05, 0) is 55.3 Å². The second kappa shape index (κ2) is 8.27. The number of imide groups is 1. The number of nitro benzene ring substituents is 1. The van der Waals surface area contributed by atoms with E-state index in [2.05, 4.69) is 5.32 Å². The summed E-state index contributed by atoms with van der Waals surface area (Å²) in [5, 5.41) is 14.0. The van der Waals surface area contributed by atoms with Gasteiger partial charge in [-0.25, -0.2) is 13.7 Å². The van der Waals surface area contributed by atoms with E-state index in [-0.39, 0.29) is 28.2 Å². The first kappa shape index (κ1) is 21.8. The van der Waals surface area contributed by atoms with E-state index in [1.807, 2.05) is 26.0 Å². The number of hydrogen-bond acceptors (Lipinski definition) is 5. The van der Waals surface area contributed by atoms with E-state index in [1.165, 1.54) is 24.3 Å². The third-order valence-electron chi connectivity index (χ3n) is 5.25. The van der Waals surface area contributed by atoms with Crippen molar-refractivity contribution in [3.8, 4) is 0 Å². The standard InChI is InChI=1S/C24H17F2N3O4/c1-13-3-10-20(14(2)11-13)27-22-21(15-4-6-16(7-5-15)29(32)33)23(30)28(24(22)31)17-8-9-18(25)19(26)12-17/h3-12,27H,1-2H3. The Morgan fingerprint density at radius 2 is 1.58 bits per heavy atom. The van der Waals surface area contributed by atoms with Gasteiger partial charge in [0.2, 0.25) is 0 Å². The number of carbonyl (C=O) groups is 2. The molecule has 0 saturated carbocycles. The van der Waals surface area contributed by atoms with E-state index >= 15 is 0 Å². The van der Waals surface area contributed by atoms with Crippen molar-refractivity contribution in [3.05, 3.63) is 105 Å². The van der Waals surface area contributed by atoms with Gasteiger partial charge in [-0.1, -0.05) is 17.7 Å². The fraction of sp³-hybridized carbons (Fsp3) is 0.0833. The summed E-state index contributed by atoms with van der Waals surface area (Å²) < 4.78 is 27.3. The van der Waals surface area contributed by atoms with Gasteiger partial charge >= 0.3 is 0 Å². The van der Waals surface area contributed by atoms with Gasteiger partial charge in [0.15, 0.2) is 11.6 Å². The molecule has 4 rings (SSSR count). The predicted molar refractivity (Wildman–Crippen MR) is 118 cm³/mol. The number of non-ortho nitro benzene ring substituents is 1. The number of anilines is 2. The number of carbonyl (C=O) groups excluding carboxylic acids is 2. The van der Waals surface area contributed by atoms with E-state index in [4.69, 9.17) is 0 Å². The first-order valence-electron chi connectivity index (χ1n) is 9.84. The number of hydrogen-bond donors (Lipinski definition) is 1. The van der Waals surface area contributed by atoms with Crippen LogP contribution in [0.4, 0.5) is 25.8 Å². The number of amides is 2. The second-order valence-electron chi connectivity index (χ2n) is 7.54. The molecular weight excluding hydrogens is 432 g/mol. The maximum Gasteiger partial charge on any atom is 0.282 e. The molecule has 166 valence electrons. The quantitative estimate of drug-likeness (QED) is 0.340. The van der Waals surface area contributed by atoms with Crippen LogP contribution < -0.4 is 10.2 Å². The molecule has 9 heteroatoms. The van der Waals surface area contributed by atoms with Crippen LogP contribution in [0.25, 0.3) is 5.57 Å². The van der Waals surface area contributed by atoms with Crippen LogP contribution in [0.5, 0.6) is 0 Å². The molecule has 1 aliphatic rings. The third kappa shape index (κ3) is 3.96. The normalized spacial score (nSPS) is 13.6. The zero-order valence-electron chi connectivity index (χ0n) is 17.6. The minimum absolute atomic E-state index is 0.0420. The number of benzene rings is 3. The van der Waals surface area contributed by atoms with Gasteiger partial charge in [-0.3, -0.25) is 19.7 Å². The van der Waals surface area contributed by atoms with Crippen molar-refractivity contribution in [1.29, 1.82) is 0 Å². The number of nitrogens with one attached hydrogen (secondary N) is 1. The van der Waals surface area contributed by atoms with Crippen LogP contribution in [0.15, 0.2) is 66.4 Å². The van der Waals surface area contributed by atoms with Crippen molar-refractivity contribution < 1.29 is 23.3 Å². The average molecular weight is 449 g/mol. The fourth-order valence-corrected chi connectivity index (χ4v) is 3.61. The Labute approximate surface area is 187 Å². The highest BCUT2D eigenvalue weighted by Crippen LogP contribution is 2.35. The lowest BCUT2D eigenvalue weighted by atomic mass is 10.0. The molecule has 0 atom stereocenters. The van der Waals surface area contributed by atoms with E-state index in [9.17, 15) is 28.5 Å². The molecular formula is C24H17F2N3O4. The lowest BCUT2D eigenvalue weighted by molar-refractivity contribution is -0.384. The van der Waals surface area contributed by atoms with Crippen molar-refractivity contribution in [2.24, 2.45) is 0 Å². The molecule has 0 spiro atoms. The van der Waals surface area contributed by atoms with Crippen LogP contribution in [0.3, 0.4) is 0 Å². The van der Waals surface area contributed by atoms with Gasteiger partial charge in [-0.15, -0.1) is 0 Å². The van der Waals surface area contributed by atoms with Gasteiger partial charge in [-0.2, -0.15) is 0 Å². The lowest BCUT2D eigenvalue weighted by Crippen LogP contribution is -2.32. The molecule has 33 heavy (non-hydrogen) atoms. The SMILES string of the molecule is Cc1ccc(NC2=C(c3ccc([N+](=O)[O-])cc3)C(=O)N(c3ccc(F)c(F)c3)C2=O)c(C)c1. The van der Waals surface area contributed by atoms with E-state index in [0.717, 1.165) is 34.2 Å². The van der Waals surface area contributed by atoms with Crippen LogP contribution in [0.2, 0.25) is 0 Å². The summed E-state index contributed by atoms with van der Waals surface area (Å²) in [6.45, 7) is 3.74. The molecule has 1 aliphatic heterocycles. The molecule has 0 saturated heterocycles. The van der Waals surface area contributed by atoms with Gasteiger partial charge < -0.3 is 5.32 Å². The van der Waals surface area contributed by atoms with E-state index in [1.54, 1.807) is 6.07 Å². The number of rotatable bonds is 5. The van der Waals surface area contributed by atoms with Gasteiger partial charge in [0.25, 0.3) is 17.5 Å². The summed E-state index contributed by atoms with van der Waals surface area (Å²) >= 11 is 0. The second-order valence-corrected chi connectivity index (χ2v) is 7.54. The summed E-state index contributed by atoms with van der Waals surface area (Å²) in [7, 11) is 0. The lowest BCUT2D eigenvalue weighted by Gasteiger charge is -2.16. The minimum atomic E-state index is -1.21. The number of aryl methyl sites for hydroxylation is 2. The Morgan fingerprint density at radius 1 is 0.879 bits per heavy atom. The first-order valence-corrected chi connectivity index (χ1v) is 9.84. The fourth-order valence-electron chi connectivity index (χ4n) is 3.61. The number of nitrogens with zero attached hydrogens (tertiary/aromatic N) is 2. The summed E-state index contributed by atoms with van der Waals surface area (Å²) in [5.41, 5.74) is 2.21. The van der Waals surface area contributed by atoms with E-state index < -0.39 is 28.4 Å². The van der Waals surface area contributed by atoms with Crippen LogP contribution in [-0.4, -0.2) is 16.7 Å². The van der Waals surface area contributed by atoms with Gasteiger partial charge in [0.1, 0.15) is 5.70 Å². The molecule has 0 radical (unpaired) electrons. The number of nitro groups is 1. The van der Waals surface area contributed by atoms with Crippen molar-refractivity contribution in [3.63, 3.8) is 0 Å². The summed E-state index contributed by atoms with van der Waals surface area (Å²) in [6.07, 6.45) is 0. The topological polar surface area (TPSA) is 92.6 Å². The molecule has 0 bridgehead atoms. The first-order chi connectivity index (χ1) is 15.7. The average Bonchev–Trinajstić information content (AvgIpc) is 3.01. The zero-order chi connectivity index (χ0) is 23.9. The maximum absolute atomic E-state index is 13.8. The molecule has 3 aromatic rings. The third-order valence-corrected chi connectivity index (χ3v) is 5.25. The predicted octanol–water partition coefficient (Wildman–Crippen LogP) is 4.89. The maximum atomic E-state index is 13.8. The van der Waals surface area contributed by atoms with Crippen molar-refractivity contribution in [2.45, 2.75) is 13.8 Å². The van der Waals surface area contributed by atoms with Crippen LogP contribution in [0.1, 0.15) is 16.7 Å². The summed E-state index contributed by atoms with van der Waals surface area (Å²) in [4.78, 5) is 37.8. The minimum Gasteiger partial charge on any atom is -0.350 e. The Morgan fingerprint density at radius 3 is 2.18 bits per heavy atom. The largest absolute Gasteiger partial charge is 0.350 e. The highest BCUT2D eigenvalue weighted by Gasteiger charge is 2.40. The zero-order valence-corrected chi connectivity index (χ0v) is 17.6. The smallest absolute Gasteiger partial charge is 0.282 e. The van der Waals surface area contributed by atoms with Crippen LogP contribution in [-0.2, 0) is 9.59 Å². The Kier molecular flexibility index (Phi) is 5.47. The molecule has 0 aliphatic carbocycles. The molecule has 3 aromatic carbocycles. The summed E-state index contributed by atoms with van der Waals surface area (Å²) in [6, 6.07) is 13.3. The molecule has 7 nitrogen and oxygen atoms in total. The highest BCUT2D eigenvalue weighted by atomic mass is 19.2. The van der Waals surface area contributed by atoms with Crippen LogP contribution >= 0.6 is 0 Å². The van der Waals surface area contributed by atoms with Crippen LogP contribution in [0, 0.1) is 35.6 Å². The molecule has 1 heterocycles. The monoisotopic (exact) mass is 449 g/mol. The molecule has 0 unspecified atom stereocenters. The van der Waals surface area contributed by atoms with E-state index in [0.29, 0.717) is 5.69 Å². The van der Waals surface area contributed by atoms with Gasteiger partial charge in [0, 0.05) is 23.9 Å².